The number of carbonyl (C=O) groups is 1. The van der Waals surface area contributed by atoms with Gasteiger partial charge in [-0.1, -0.05) is 42.1 Å². The average molecular weight is 439 g/mol. The van der Waals surface area contributed by atoms with Crippen LogP contribution in [0.5, 0.6) is 5.75 Å². The Labute approximate surface area is 183 Å². The van der Waals surface area contributed by atoms with Crippen molar-refractivity contribution in [2.75, 3.05) is 6.54 Å². The first-order chi connectivity index (χ1) is 14.6. The third-order valence-electron chi connectivity index (χ3n) is 4.71. The minimum atomic E-state index is -0.192. The summed E-state index contributed by atoms with van der Waals surface area (Å²) in [5.74, 6) is 1.07. The van der Waals surface area contributed by atoms with Gasteiger partial charge in [-0.3, -0.25) is 4.79 Å². The second-order valence-electron chi connectivity index (χ2n) is 6.98. The Hall–Kier alpha value is -2.77. The number of para-hydroxylation sites is 1. The normalized spacial score (nSPS) is 11.1. The minimum absolute atomic E-state index is 0.192. The molecule has 0 aliphatic heterocycles. The van der Waals surface area contributed by atoms with Gasteiger partial charge in [0.05, 0.1) is 0 Å². The van der Waals surface area contributed by atoms with Gasteiger partial charge in [-0.15, -0.1) is 11.3 Å². The third-order valence-corrected chi connectivity index (χ3v) is 6.87. The first-order valence-corrected chi connectivity index (χ1v) is 11.6. The van der Waals surface area contributed by atoms with Gasteiger partial charge in [0.15, 0.2) is 5.76 Å². The number of hydrogen-bond donors (Lipinski definition) is 2. The maximum Gasteiger partial charge on any atom is 0.287 e. The van der Waals surface area contributed by atoms with E-state index in [0.29, 0.717) is 18.1 Å². The fraction of sp³-hybridized carbons (Fsp3) is 0.217. The van der Waals surface area contributed by atoms with Crippen LogP contribution in [-0.4, -0.2) is 22.5 Å². The molecule has 2 N–H and O–H groups in total. The molecule has 7 heteroatoms. The van der Waals surface area contributed by atoms with Crippen molar-refractivity contribution in [2.24, 2.45) is 0 Å². The van der Waals surface area contributed by atoms with E-state index >= 15 is 0 Å². The molecule has 2 aromatic heterocycles. The number of nitrogens with one attached hydrogen (secondary N) is 1. The molecule has 4 rings (SSSR count). The number of aromatic hydroxyl groups is 1. The van der Waals surface area contributed by atoms with E-state index in [9.17, 15) is 9.90 Å². The quantitative estimate of drug-likeness (QED) is 0.278. The highest BCUT2D eigenvalue weighted by molar-refractivity contribution is 8.00. The largest absolute Gasteiger partial charge is 0.508 e. The molecule has 0 aliphatic carbocycles. The van der Waals surface area contributed by atoms with E-state index in [2.05, 4.69) is 10.3 Å². The molecule has 0 saturated heterocycles. The highest BCUT2D eigenvalue weighted by Gasteiger charge is 2.20. The lowest BCUT2D eigenvalue weighted by Crippen LogP contribution is -2.25. The number of nitrogens with zero attached hydrogens (tertiary/aromatic N) is 1. The summed E-state index contributed by atoms with van der Waals surface area (Å²) in [5.41, 5.74) is 3.75. The van der Waals surface area contributed by atoms with E-state index in [4.69, 9.17) is 4.42 Å². The Balaban J connectivity index is 1.42. The van der Waals surface area contributed by atoms with Crippen LogP contribution >= 0.6 is 23.1 Å². The Morgan fingerprint density at radius 3 is 2.77 bits per heavy atom. The number of hydrogen-bond acceptors (Lipinski definition) is 6. The van der Waals surface area contributed by atoms with Crippen molar-refractivity contribution in [1.29, 1.82) is 0 Å². The minimum Gasteiger partial charge on any atom is -0.508 e. The van der Waals surface area contributed by atoms with E-state index in [-0.39, 0.29) is 11.7 Å². The second kappa shape index (κ2) is 9.36. The van der Waals surface area contributed by atoms with Crippen LogP contribution in [0.4, 0.5) is 0 Å². The van der Waals surface area contributed by atoms with Crippen LogP contribution in [0.3, 0.4) is 0 Å². The number of fused-ring (bicyclic) bond motifs is 1. The summed E-state index contributed by atoms with van der Waals surface area (Å²) in [6.45, 7) is 2.53. The summed E-state index contributed by atoms with van der Waals surface area (Å²) >= 11 is 3.23. The summed E-state index contributed by atoms with van der Waals surface area (Å²) in [6, 6.07) is 14.9. The van der Waals surface area contributed by atoms with Gasteiger partial charge in [0, 0.05) is 34.3 Å². The van der Waals surface area contributed by atoms with Gasteiger partial charge in [0.2, 0.25) is 0 Å². The third kappa shape index (κ3) is 4.86. The van der Waals surface area contributed by atoms with Crippen LogP contribution in [0, 0.1) is 6.92 Å². The summed E-state index contributed by atoms with van der Waals surface area (Å²) in [4.78, 5) is 17.3. The molecule has 0 aliphatic rings. The van der Waals surface area contributed by atoms with Crippen LogP contribution < -0.4 is 5.32 Å². The number of rotatable bonds is 8. The van der Waals surface area contributed by atoms with Crippen molar-refractivity contribution >= 4 is 40.0 Å². The highest BCUT2D eigenvalue weighted by atomic mass is 32.2. The number of aromatic nitrogens is 1. The summed E-state index contributed by atoms with van der Waals surface area (Å²) in [7, 11) is 0. The predicted molar refractivity (Wildman–Crippen MR) is 121 cm³/mol. The van der Waals surface area contributed by atoms with Crippen molar-refractivity contribution in [2.45, 2.75) is 29.9 Å². The highest BCUT2D eigenvalue weighted by Crippen LogP contribution is 2.33. The maximum absolute atomic E-state index is 12.8. The molecule has 0 spiro atoms. The fourth-order valence-corrected chi connectivity index (χ4v) is 5.07. The van der Waals surface area contributed by atoms with Crippen LogP contribution in [0.15, 0.2) is 62.7 Å². The number of aryl methyl sites for hydroxylation is 2. The number of furan rings is 1. The molecule has 0 bridgehead atoms. The zero-order chi connectivity index (χ0) is 20.9. The number of thiazole rings is 1. The van der Waals surface area contributed by atoms with Crippen LogP contribution in [0.25, 0.3) is 11.0 Å². The van der Waals surface area contributed by atoms with E-state index in [1.165, 1.54) is 0 Å². The van der Waals surface area contributed by atoms with Crippen LogP contribution in [0.1, 0.15) is 33.8 Å². The van der Waals surface area contributed by atoms with Gasteiger partial charge in [-0.05, 0) is 43.5 Å². The molecular weight excluding hydrogens is 416 g/mol. The molecule has 0 fully saturated rings. The maximum atomic E-state index is 12.8. The summed E-state index contributed by atoms with van der Waals surface area (Å²) in [5, 5.41) is 15.3. The van der Waals surface area contributed by atoms with Crippen molar-refractivity contribution in [3.8, 4) is 5.75 Å². The smallest absolute Gasteiger partial charge is 0.287 e. The Bertz CT molecular complexity index is 1150. The number of phenols is 1. The molecule has 0 radical (unpaired) electrons. The molecule has 5 nitrogen and oxygen atoms in total. The van der Waals surface area contributed by atoms with Gasteiger partial charge in [-0.25, -0.2) is 4.98 Å². The molecule has 1 amide bonds. The van der Waals surface area contributed by atoms with Crippen LogP contribution in [0.2, 0.25) is 0 Å². The average Bonchev–Trinajstić information content (AvgIpc) is 3.34. The number of benzene rings is 2. The molecular formula is C23H22N2O3S2. The fourth-order valence-electron chi connectivity index (χ4n) is 3.20. The molecule has 154 valence electrons. The van der Waals surface area contributed by atoms with Gasteiger partial charge < -0.3 is 14.8 Å². The van der Waals surface area contributed by atoms with Crippen LogP contribution in [-0.2, 0) is 12.2 Å². The number of amides is 1. The first kappa shape index (κ1) is 20.5. The number of phenolic OH excluding ortho intramolecular Hbond substituents is 1. The van der Waals surface area contributed by atoms with Crippen molar-refractivity contribution in [1.82, 2.24) is 10.3 Å². The van der Waals surface area contributed by atoms with Crippen molar-refractivity contribution in [3.63, 3.8) is 0 Å². The Morgan fingerprint density at radius 2 is 2.00 bits per heavy atom. The SMILES string of the molecule is Cc1csc(SCc2c(C(=O)NCCCc3ccc(O)cc3)oc3ccccc23)n1. The zero-order valence-electron chi connectivity index (χ0n) is 16.6. The lowest BCUT2D eigenvalue weighted by atomic mass is 10.1. The van der Waals surface area contributed by atoms with Crippen molar-refractivity contribution in [3.05, 3.63) is 76.5 Å². The van der Waals surface area contributed by atoms with Gasteiger partial charge in [0.25, 0.3) is 5.91 Å². The van der Waals surface area contributed by atoms with Crippen molar-refractivity contribution < 1.29 is 14.3 Å². The molecule has 30 heavy (non-hydrogen) atoms. The van der Waals surface area contributed by atoms with Gasteiger partial charge in [-0.2, -0.15) is 0 Å². The van der Waals surface area contributed by atoms with E-state index in [0.717, 1.165) is 45.0 Å². The van der Waals surface area contributed by atoms with E-state index in [1.807, 2.05) is 48.7 Å². The zero-order valence-corrected chi connectivity index (χ0v) is 18.2. The van der Waals surface area contributed by atoms with Gasteiger partial charge in [0.1, 0.15) is 15.7 Å². The molecule has 2 heterocycles. The van der Waals surface area contributed by atoms with E-state index in [1.54, 1.807) is 35.2 Å². The summed E-state index contributed by atoms with van der Waals surface area (Å²) < 4.78 is 6.90. The Kier molecular flexibility index (Phi) is 6.40. The summed E-state index contributed by atoms with van der Waals surface area (Å²) in [6.07, 6.45) is 1.63. The predicted octanol–water partition coefficient (Wildman–Crippen LogP) is 5.56. The Morgan fingerprint density at radius 1 is 1.20 bits per heavy atom. The monoisotopic (exact) mass is 438 g/mol. The molecule has 2 aromatic carbocycles. The molecule has 0 atom stereocenters. The lowest BCUT2D eigenvalue weighted by molar-refractivity contribution is 0.0926. The first-order valence-electron chi connectivity index (χ1n) is 9.71. The molecule has 0 saturated carbocycles. The topological polar surface area (TPSA) is 75.4 Å². The van der Waals surface area contributed by atoms with E-state index < -0.39 is 0 Å². The number of carbonyl (C=O) groups excluding carboxylic acids is 1. The molecule has 0 unspecified atom stereocenters. The van der Waals surface area contributed by atoms with Gasteiger partial charge >= 0.3 is 0 Å². The molecule has 4 aromatic rings. The standard InChI is InChI=1S/C23H22N2O3S2/c1-15-13-29-23(25-15)30-14-19-18-6-2-3-7-20(18)28-21(19)22(27)24-12-4-5-16-8-10-17(26)11-9-16/h2-3,6-11,13,26H,4-5,12,14H2,1H3,(H,24,27). The number of thioether (sulfide) groups is 1. The lowest BCUT2D eigenvalue weighted by Gasteiger charge is -2.06. The second-order valence-corrected chi connectivity index (χ2v) is 9.06.